The molecule has 2 saturated carbocycles. The van der Waals surface area contributed by atoms with Gasteiger partial charge in [-0.25, -0.2) is 0 Å². The maximum Gasteiger partial charge on any atom is 0.302 e. The number of hydrogen-bond acceptors (Lipinski definition) is 5. The maximum absolute atomic E-state index is 13.0. The molecule has 0 aromatic heterocycles. The molecule has 0 bridgehead atoms. The molecule has 6 heteroatoms. The van der Waals surface area contributed by atoms with Crippen LogP contribution < -0.4 is 0 Å². The van der Waals surface area contributed by atoms with Gasteiger partial charge in [0.2, 0.25) is 0 Å². The summed E-state index contributed by atoms with van der Waals surface area (Å²) in [6.45, 7) is 10.8. The number of carbonyl (C=O) groups excluding carboxylic acids is 1. The normalized spacial score (nSPS) is 35.9. The lowest BCUT2D eigenvalue weighted by Crippen LogP contribution is -2.50. The Balaban J connectivity index is 1.31. The Hall–Kier alpha value is -1.92. The summed E-state index contributed by atoms with van der Waals surface area (Å²) in [4.78, 5) is 11.7. The second kappa shape index (κ2) is 9.68. The lowest BCUT2D eigenvalue weighted by Gasteiger charge is -2.58. The molecular weight excluding hydrogens is 484 g/mol. The van der Waals surface area contributed by atoms with Gasteiger partial charge in [0.05, 0.1) is 17.6 Å². The molecule has 202 valence electrons. The molecule has 1 aromatic rings. The van der Waals surface area contributed by atoms with Gasteiger partial charge in [0.15, 0.2) is 0 Å². The van der Waals surface area contributed by atoms with Crippen LogP contribution in [-0.2, 0) is 23.8 Å². The van der Waals surface area contributed by atoms with Gasteiger partial charge in [-0.1, -0.05) is 62.3 Å². The van der Waals surface area contributed by atoms with E-state index in [9.17, 15) is 13.2 Å². The first-order valence-corrected chi connectivity index (χ1v) is 15.4. The van der Waals surface area contributed by atoms with Crippen molar-refractivity contribution < 1.29 is 22.1 Å². The number of rotatable bonds is 6. The summed E-state index contributed by atoms with van der Waals surface area (Å²) in [6, 6.07) is 7.05. The number of esters is 1. The molecule has 1 unspecified atom stereocenters. The third kappa shape index (κ3) is 4.63. The summed E-state index contributed by atoms with van der Waals surface area (Å²) >= 11 is 0. The summed E-state index contributed by atoms with van der Waals surface area (Å²) in [6.07, 6.45) is 11.6. The first-order valence-electron chi connectivity index (χ1n) is 14.0. The highest BCUT2D eigenvalue weighted by Crippen LogP contribution is 2.65. The van der Waals surface area contributed by atoms with Crippen molar-refractivity contribution in [3.63, 3.8) is 0 Å². The van der Waals surface area contributed by atoms with Crippen LogP contribution in [0.25, 0.3) is 0 Å². The van der Waals surface area contributed by atoms with Crippen molar-refractivity contribution in [2.24, 2.45) is 34.5 Å². The summed E-state index contributed by atoms with van der Waals surface area (Å²) < 4.78 is 37.3. The van der Waals surface area contributed by atoms with E-state index in [1.807, 2.05) is 19.1 Å². The topological polar surface area (TPSA) is 69.7 Å². The monoisotopic (exact) mass is 526 g/mol. The second-order valence-electron chi connectivity index (χ2n) is 12.5. The van der Waals surface area contributed by atoms with E-state index in [1.165, 1.54) is 30.9 Å². The van der Waals surface area contributed by atoms with Gasteiger partial charge in [0, 0.05) is 12.8 Å². The van der Waals surface area contributed by atoms with Crippen molar-refractivity contribution in [2.45, 2.75) is 90.6 Å². The maximum atomic E-state index is 13.0. The minimum absolute atomic E-state index is 0.114. The number of carbonyl (C=O) groups is 1. The molecule has 0 amide bonds. The third-order valence-electron chi connectivity index (χ3n) is 10.4. The van der Waals surface area contributed by atoms with Crippen LogP contribution in [-0.4, -0.2) is 27.1 Å². The Labute approximate surface area is 222 Å². The fourth-order valence-corrected chi connectivity index (χ4v) is 9.81. The number of benzene rings is 1. The molecule has 4 aliphatic rings. The minimum Gasteiger partial charge on any atom is -0.465 e. The fourth-order valence-electron chi connectivity index (χ4n) is 8.47. The van der Waals surface area contributed by atoms with Gasteiger partial charge < -0.3 is 4.74 Å². The van der Waals surface area contributed by atoms with Gasteiger partial charge in [0.1, 0.15) is 0 Å². The lowest BCUT2D eigenvalue weighted by atomic mass is 9.47. The molecule has 0 radical (unpaired) electrons. The highest BCUT2D eigenvalue weighted by Gasteiger charge is 2.57. The number of allylic oxidation sites excluding steroid dienone is 2. The van der Waals surface area contributed by atoms with Crippen LogP contribution in [0.5, 0.6) is 0 Å². The van der Waals surface area contributed by atoms with Crippen molar-refractivity contribution in [3.8, 4) is 0 Å². The van der Waals surface area contributed by atoms with Crippen LogP contribution in [0.3, 0.4) is 0 Å². The minimum atomic E-state index is -3.78. The van der Waals surface area contributed by atoms with E-state index < -0.39 is 10.1 Å². The van der Waals surface area contributed by atoms with Crippen LogP contribution in [0.1, 0.15) is 78.2 Å². The van der Waals surface area contributed by atoms with E-state index in [1.54, 1.807) is 12.1 Å². The molecule has 1 aromatic carbocycles. The highest BCUT2D eigenvalue weighted by molar-refractivity contribution is 7.86. The van der Waals surface area contributed by atoms with E-state index in [4.69, 9.17) is 8.92 Å². The van der Waals surface area contributed by atoms with Gasteiger partial charge in [-0.05, 0) is 92.1 Å². The van der Waals surface area contributed by atoms with E-state index >= 15 is 0 Å². The van der Waals surface area contributed by atoms with Crippen LogP contribution in [0.2, 0.25) is 0 Å². The zero-order valence-electron chi connectivity index (χ0n) is 23.0. The molecule has 0 spiro atoms. The van der Waals surface area contributed by atoms with Crippen LogP contribution in [0, 0.1) is 41.4 Å². The number of ether oxygens (including phenoxy) is 1. The molecule has 5 rings (SSSR count). The average Bonchev–Trinajstić information content (AvgIpc) is 3.20. The second-order valence-corrected chi connectivity index (χ2v) is 14.0. The zero-order valence-corrected chi connectivity index (χ0v) is 23.8. The number of hydrogen-bond donors (Lipinski definition) is 0. The Kier molecular flexibility index (Phi) is 6.98. The molecule has 5 nitrogen and oxygen atoms in total. The first kappa shape index (κ1) is 26.7. The standard InChI is InChI=1S/C31H42O5S/c1-20-8-6-7-9-29(20)37(33,34)36-24-14-16-30(4)23(18-24)10-11-25-27-13-12-26(21(2)19-35-22(3)32)31(27,5)17-15-28(25)30/h6-10,12,21,24-25,27-28H,11,13-19H2,1-5H3/t21-,24?,25+,27+,28+,30+,31-/m1/s1. The summed E-state index contributed by atoms with van der Waals surface area (Å²) in [7, 11) is -3.78. The Morgan fingerprint density at radius 1 is 1.05 bits per heavy atom. The third-order valence-corrected chi connectivity index (χ3v) is 11.9. The van der Waals surface area contributed by atoms with Crippen molar-refractivity contribution in [1.82, 2.24) is 0 Å². The number of fused-ring (bicyclic) bond motifs is 5. The molecule has 0 saturated heterocycles. The van der Waals surface area contributed by atoms with Crippen molar-refractivity contribution in [1.29, 1.82) is 0 Å². The summed E-state index contributed by atoms with van der Waals surface area (Å²) in [5.41, 5.74) is 3.89. The van der Waals surface area contributed by atoms with Gasteiger partial charge in [-0.15, -0.1) is 0 Å². The quantitative estimate of drug-likeness (QED) is 0.232. The van der Waals surface area contributed by atoms with Crippen molar-refractivity contribution in [2.75, 3.05) is 6.61 Å². The van der Waals surface area contributed by atoms with Crippen molar-refractivity contribution in [3.05, 3.63) is 53.1 Å². The Morgan fingerprint density at radius 2 is 1.78 bits per heavy atom. The van der Waals surface area contributed by atoms with Gasteiger partial charge >= 0.3 is 5.97 Å². The summed E-state index contributed by atoms with van der Waals surface area (Å²) in [5, 5.41) is 0. The first-order chi connectivity index (χ1) is 17.5. The zero-order chi connectivity index (χ0) is 26.6. The van der Waals surface area contributed by atoms with Crippen LogP contribution >= 0.6 is 0 Å². The Bertz CT molecular complexity index is 1230. The van der Waals surface area contributed by atoms with Gasteiger partial charge in [0.25, 0.3) is 10.1 Å². The number of aryl methyl sites for hydroxylation is 1. The molecule has 2 fully saturated rings. The smallest absolute Gasteiger partial charge is 0.302 e. The van der Waals surface area contributed by atoms with E-state index in [0.29, 0.717) is 30.8 Å². The Morgan fingerprint density at radius 3 is 2.51 bits per heavy atom. The van der Waals surface area contributed by atoms with Crippen LogP contribution in [0.15, 0.2) is 52.5 Å². The highest BCUT2D eigenvalue weighted by atomic mass is 32.2. The average molecular weight is 527 g/mol. The molecule has 0 heterocycles. The predicted octanol–water partition coefficient (Wildman–Crippen LogP) is 6.77. The molecule has 7 atom stereocenters. The van der Waals surface area contributed by atoms with E-state index in [-0.39, 0.29) is 33.7 Å². The van der Waals surface area contributed by atoms with Gasteiger partial charge in [-0.2, -0.15) is 8.42 Å². The molecular formula is C31H42O5S. The van der Waals surface area contributed by atoms with E-state index in [2.05, 4.69) is 32.9 Å². The van der Waals surface area contributed by atoms with Crippen LogP contribution in [0.4, 0.5) is 0 Å². The lowest BCUT2D eigenvalue weighted by molar-refractivity contribution is -0.142. The molecule has 0 N–H and O–H groups in total. The summed E-state index contributed by atoms with van der Waals surface area (Å²) in [5.74, 6) is 1.92. The van der Waals surface area contributed by atoms with E-state index in [0.717, 1.165) is 31.2 Å². The fraction of sp³-hybridized carbons (Fsp3) is 0.645. The van der Waals surface area contributed by atoms with Gasteiger partial charge in [-0.3, -0.25) is 8.98 Å². The SMILES string of the molecule is CC(=O)OC[C@@H](C)C1=CC[C@H]2[C@@H]3CC=C4CC(OS(=O)(=O)c5ccccc5C)CC[C@]4(C)[C@H]3CC[C@]12C. The molecule has 4 aliphatic carbocycles. The largest absolute Gasteiger partial charge is 0.465 e. The van der Waals surface area contributed by atoms with Crippen molar-refractivity contribution >= 4 is 16.1 Å². The molecule has 0 aliphatic heterocycles. The molecule has 37 heavy (non-hydrogen) atoms. The predicted molar refractivity (Wildman–Crippen MR) is 144 cm³/mol.